The van der Waals surface area contributed by atoms with E-state index < -0.39 is 32.5 Å². The second-order valence-electron chi connectivity index (χ2n) is 15.7. The highest BCUT2D eigenvalue weighted by molar-refractivity contribution is 7.47. The summed E-state index contributed by atoms with van der Waals surface area (Å²) in [5.74, 6) is -0.880. The smallest absolute Gasteiger partial charge is 0.462 e. The third-order valence-electron chi connectivity index (χ3n) is 9.02. The monoisotopic (exact) mass is 809 g/mol. The van der Waals surface area contributed by atoms with Crippen LogP contribution in [0.4, 0.5) is 0 Å². The van der Waals surface area contributed by atoms with E-state index in [1.807, 2.05) is 27.2 Å². The minimum atomic E-state index is -4.39. The van der Waals surface area contributed by atoms with Gasteiger partial charge in [0, 0.05) is 12.8 Å². The summed E-state index contributed by atoms with van der Waals surface area (Å²) in [6, 6.07) is 0. The van der Waals surface area contributed by atoms with Gasteiger partial charge in [-0.15, -0.1) is 0 Å². The quantitative estimate of drug-likeness (QED) is 0.0215. The minimum absolute atomic E-state index is 0.0179. The number of allylic oxidation sites excluding steroid dienone is 10. The highest BCUT2D eigenvalue weighted by atomic mass is 31.2. The fourth-order valence-corrected chi connectivity index (χ4v) is 6.26. The zero-order valence-electron chi connectivity index (χ0n) is 36.3. The van der Waals surface area contributed by atoms with Gasteiger partial charge in [-0.05, 0) is 70.6 Å². The molecule has 0 rings (SSSR count). The van der Waals surface area contributed by atoms with Gasteiger partial charge in [-0.2, -0.15) is 0 Å². The Kier molecular flexibility index (Phi) is 36.7. The number of phosphoric acid groups is 1. The molecule has 0 bridgehead atoms. The molecule has 0 fully saturated rings. The van der Waals surface area contributed by atoms with Crippen molar-refractivity contribution in [1.82, 2.24) is 0 Å². The lowest BCUT2D eigenvalue weighted by Crippen LogP contribution is -2.37. The van der Waals surface area contributed by atoms with Crippen molar-refractivity contribution in [2.24, 2.45) is 0 Å². The molecule has 0 spiro atoms. The molecule has 0 saturated carbocycles. The van der Waals surface area contributed by atoms with Crippen molar-refractivity contribution in [3.05, 3.63) is 60.8 Å². The largest absolute Gasteiger partial charge is 0.472 e. The molecule has 0 aliphatic carbocycles. The summed E-state index contributed by atoms with van der Waals surface area (Å²) in [6.45, 7) is 4.29. The van der Waals surface area contributed by atoms with Gasteiger partial charge >= 0.3 is 19.8 Å². The molecule has 0 aromatic rings. The van der Waals surface area contributed by atoms with Crippen molar-refractivity contribution in [2.75, 3.05) is 47.5 Å². The molecule has 10 heteroatoms. The molecule has 0 aliphatic rings. The molecule has 0 aromatic heterocycles. The molecule has 56 heavy (non-hydrogen) atoms. The molecule has 0 aromatic carbocycles. The Hall–Kier alpha value is -2.29. The van der Waals surface area contributed by atoms with Gasteiger partial charge in [0.25, 0.3) is 0 Å². The van der Waals surface area contributed by atoms with E-state index in [4.69, 9.17) is 18.5 Å². The summed E-state index contributed by atoms with van der Waals surface area (Å²) in [6.07, 6.45) is 45.7. The van der Waals surface area contributed by atoms with Crippen molar-refractivity contribution in [2.45, 2.75) is 174 Å². The number of unbranched alkanes of at least 4 members (excludes halogenated alkanes) is 15. The normalized spacial score (nSPS) is 14.2. The van der Waals surface area contributed by atoms with E-state index in [1.165, 1.54) is 64.2 Å². The van der Waals surface area contributed by atoms with Gasteiger partial charge in [0.15, 0.2) is 6.10 Å². The number of rotatable bonds is 39. The molecule has 0 aliphatic heterocycles. The standard InChI is InChI=1S/C46H82NO8P/c1-6-8-10-12-14-16-18-19-20-21-22-23-24-25-26-27-29-31-33-35-37-39-46(49)55-44(43-54-56(50,51)53-41-40-47(3,4)5)42-52-45(48)38-36-34-32-30-28-17-15-13-11-9-7-2/h13,15,20-21,23-24,26-27,31,33,44H,6-12,14,16-19,22,25,28-30,32,34-43H2,1-5H3/p+1/b15-13+,21-20+,24-23+,27-26+,33-31+/t44-/m1/s1. The van der Waals surface area contributed by atoms with E-state index in [0.29, 0.717) is 23.9 Å². The van der Waals surface area contributed by atoms with Crippen LogP contribution in [-0.2, 0) is 32.7 Å². The molecular weight excluding hydrogens is 725 g/mol. The van der Waals surface area contributed by atoms with Crippen LogP contribution >= 0.6 is 7.82 Å². The fraction of sp³-hybridized carbons (Fsp3) is 0.739. The number of likely N-dealkylation sites (N-methyl/N-ethyl adjacent to an activating group) is 1. The number of esters is 2. The van der Waals surface area contributed by atoms with Gasteiger partial charge in [-0.3, -0.25) is 18.6 Å². The molecule has 0 heterocycles. The first-order valence-corrected chi connectivity index (χ1v) is 23.5. The molecule has 324 valence electrons. The van der Waals surface area contributed by atoms with Crippen LogP contribution in [-0.4, -0.2) is 74.9 Å². The summed E-state index contributed by atoms with van der Waals surface area (Å²) >= 11 is 0. The summed E-state index contributed by atoms with van der Waals surface area (Å²) in [5, 5.41) is 0. The van der Waals surface area contributed by atoms with Crippen LogP contribution < -0.4 is 0 Å². The summed E-state index contributed by atoms with van der Waals surface area (Å²) in [7, 11) is 1.43. The lowest BCUT2D eigenvalue weighted by molar-refractivity contribution is -0.870. The maximum atomic E-state index is 12.7. The number of nitrogens with zero attached hydrogens (tertiary/aromatic N) is 1. The van der Waals surface area contributed by atoms with E-state index in [9.17, 15) is 19.0 Å². The van der Waals surface area contributed by atoms with Gasteiger partial charge in [-0.1, -0.05) is 145 Å². The summed E-state index contributed by atoms with van der Waals surface area (Å²) < 4.78 is 34.2. The number of hydrogen-bond acceptors (Lipinski definition) is 7. The third kappa shape index (κ3) is 41.3. The van der Waals surface area contributed by atoms with Gasteiger partial charge < -0.3 is 18.9 Å². The Morgan fingerprint density at radius 1 is 0.554 bits per heavy atom. The van der Waals surface area contributed by atoms with Crippen LogP contribution in [0, 0.1) is 0 Å². The maximum absolute atomic E-state index is 12.7. The Bertz CT molecular complexity index is 1140. The van der Waals surface area contributed by atoms with Gasteiger partial charge in [0.05, 0.1) is 27.7 Å². The van der Waals surface area contributed by atoms with Gasteiger partial charge in [-0.25, -0.2) is 4.57 Å². The molecule has 0 amide bonds. The predicted octanol–water partition coefficient (Wildman–Crippen LogP) is 12.5. The highest BCUT2D eigenvalue weighted by Crippen LogP contribution is 2.43. The topological polar surface area (TPSA) is 108 Å². The van der Waals surface area contributed by atoms with Crippen LogP contribution in [0.3, 0.4) is 0 Å². The van der Waals surface area contributed by atoms with E-state index in [2.05, 4.69) is 68.5 Å². The molecule has 1 unspecified atom stereocenters. The molecule has 1 N–H and O–H groups in total. The number of carbonyl (C=O) groups excluding carboxylic acids is 2. The van der Waals surface area contributed by atoms with Crippen molar-refractivity contribution >= 4 is 19.8 Å². The molecule has 2 atom stereocenters. The number of ether oxygens (including phenoxy) is 2. The third-order valence-corrected chi connectivity index (χ3v) is 10.0. The number of phosphoric ester groups is 1. The minimum Gasteiger partial charge on any atom is -0.462 e. The Balaban J connectivity index is 4.45. The first-order valence-electron chi connectivity index (χ1n) is 22.0. The van der Waals surface area contributed by atoms with Crippen LogP contribution in [0.5, 0.6) is 0 Å². The lowest BCUT2D eigenvalue weighted by atomic mass is 10.1. The number of hydrogen-bond donors (Lipinski definition) is 1. The molecule has 9 nitrogen and oxygen atoms in total. The summed E-state index contributed by atoms with van der Waals surface area (Å²) in [4.78, 5) is 35.3. The number of carbonyl (C=O) groups is 2. The van der Waals surface area contributed by atoms with E-state index >= 15 is 0 Å². The van der Waals surface area contributed by atoms with E-state index in [-0.39, 0.29) is 26.1 Å². The highest BCUT2D eigenvalue weighted by Gasteiger charge is 2.27. The van der Waals surface area contributed by atoms with E-state index in [0.717, 1.165) is 64.2 Å². The van der Waals surface area contributed by atoms with Crippen molar-refractivity contribution in [3.8, 4) is 0 Å². The van der Waals surface area contributed by atoms with E-state index in [1.54, 1.807) is 0 Å². The average molecular weight is 809 g/mol. The average Bonchev–Trinajstić information content (AvgIpc) is 3.15. The second kappa shape index (κ2) is 38.2. The summed E-state index contributed by atoms with van der Waals surface area (Å²) in [5.41, 5.74) is 0. The van der Waals surface area contributed by atoms with Crippen molar-refractivity contribution < 1.29 is 42.1 Å². The van der Waals surface area contributed by atoms with Crippen LogP contribution in [0.2, 0.25) is 0 Å². The van der Waals surface area contributed by atoms with Gasteiger partial charge in [0.2, 0.25) is 0 Å². The second-order valence-corrected chi connectivity index (χ2v) is 17.2. The maximum Gasteiger partial charge on any atom is 0.472 e. The lowest BCUT2D eigenvalue weighted by Gasteiger charge is -2.24. The van der Waals surface area contributed by atoms with Crippen LogP contribution in [0.1, 0.15) is 168 Å². The Morgan fingerprint density at radius 2 is 1.00 bits per heavy atom. The molecule has 0 radical (unpaired) electrons. The Labute approximate surface area is 343 Å². The Morgan fingerprint density at radius 3 is 1.55 bits per heavy atom. The molecule has 0 saturated heterocycles. The predicted molar refractivity (Wildman–Crippen MR) is 233 cm³/mol. The van der Waals surface area contributed by atoms with Crippen LogP contribution in [0.15, 0.2) is 60.8 Å². The molecular formula is C46H83NO8P+. The fourth-order valence-electron chi connectivity index (χ4n) is 5.52. The van der Waals surface area contributed by atoms with Crippen molar-refractivity contribution in [3.63, 3.8) is 0 Å². The SMILES string of the molecule is CCCC/C=C/CCCCCCCC(=O)OC[C@H](COP(=O)(O)OCC[N+](C)(C)C)OC(=O)CCC/C=C/C/C=C/C/C=C/C/C=C/CCCCCCCCC. The zero-order chi connectivity index (χ0) is 41.4. The number of quaternary nitrogens is 1. The van der Waals surface area contributed by atoms with Crippen molar-refractivity contribution in [1.29, 1.82) is 0 Å². The van der Waals surface area contributed by atoms with Gasteiger partial charge in [0.1, 0.15) is 19.8 Å². The first kappa shape index (κ1) is 53.7. The zero-order valence-corrected chi connectivity index (χ0v) is 37.2. The van der Waals surface area contributed by atoms with Crippen LogP contribution in [0.25, 0.3) is 0 Å². The first-order chi connectivity index (χ1) is 27.0.